The summed E-state index contributed by atoms with van der Waals surface area (Å²) < 4.78 is 0. The molecular weight excluding hydrogens is 216 g/mol. The summed E-state index contributed by atoms with van der Waals surface area (Å²) in [6.07, 6.45) is 0. The van der Waals surface area contributed by atoms with Crippen LogP contribution in [0.15, 0.2) is 0 Å². The summed E-state index contributed by atoms with van der Waals surface area (Å²) in [5, 5.41) is 0. The van der Waals surface area contributed by atoms with Crippen LogP contribution < -0.4 is 0 Å². The first kappa shape index (κ1) is 16.1. The van der Waals surface area contributed by atoms with Gasteiger partial charge in [-0.3, -0.25) is 0 Å². The summed E-state index contributed by atoms with van der Waals surface area (Å²) in [4.78, 5) is 0. The first-order chi connectivity index (χ1) is 7.89. The van der Waals surface area contributed by atoms with E-state index in [0.717, 1.165) is 35.5 Å². The van der Waals surface area contributed by atoms with E-state index in [9.17, 15) is 0 Å². The first-order valence-corrected chi connectivity index (χ1v) is 7.89. The molecule has 1 aliphatic rings. The summed E-state index contributed by atoms with van der Waals surface area (Å²) in [6.45, 7) is 24.6. The second kappa shape index (κ2) is 4.84. The van der Waals surface area contributed by atoms with Crippen LogP contribution in [-0.2, 0) is 0 Å². The maximum atomic E-state index is 2.50. The van der Waals surface area contributed by atoms with Crippen LogP contribution in [0, 0.1) is 46.3 Å². The zero-order valence-electron chi connectivity index (χ0n) is 14.5. The van der Waals surface area contributed by atoms with Gasteiger partial charge in [-0.15, -0.1) is 0 Å². The average molecular weight is 252 g/mol. The Hall–Kier alpha value is 0. The van der Waals surface area contributed by atoms with Gasteiger partial charge in [0.1, 0.15) is 0 Å². The average Bonchev–Trinajstić information content (AvgIpc) is 2.16. The van der Waals surface area contributed by atoms with Crippen molar-refractivity contribution in [2.24, 2.45) is 46.3 Å². The minimum absolute atomic E-state index is 0.417. The van der Waals surface area contributed by atoms with Gasteiger partial charge in [0.05, 0.1) is 0 Å². The molecule has 1 saturated carbocycles. The second-order valence-corrected chi connectivity index (χ2v) is 9.22. The molecule has 6 atom stereocenters. The highest BCUT2D eigenvalue weighted by atomic mass is 14.6. The van der Waals surface area contributed by atoms with Crippen molar-refractivity contribution in [3.05, 3.63) is 0 Å². The van der Waals surface area contributed by atoms with Crippen LogP contribution in [0.1, 0.15) is 69.2 Å². The van der Waals surface area contributed by atoms with Gasteiger partial charge in [0, 0.05) is 0 Å². The first-order valence-electron chi connectivity index (χ1n) is 7.89. The summed E-state index contributed by atoms with van der Waals surface area (Å²) in [6, 6.07) is 0. The van der Waals surface area contributed by atoms with Gasteiger partial charge in [0.15, 0.2) is 0 Å². The standard InChI is InChI=1S/C18H36/c1-11-12(2)14(4)16(18(8,9)10)15(13(11)3)17(5,6)7/h11-16H,1-10H3. The molecule has 0 spiro atoms. The Morgan fingerprint density at radius 2 is 0.667 bits per heavy atom. The lowest BCUT2D eigenvalue weighted by Gasteiger charge is -2.57. The Morgan fingerprint density at radius 3 is 0.833 bits per heavy atom. The maximum absolute atomic E-state index is 2.50. The SMILES string of the molecule is CC1C(C)C(C)C(C(C)(C)C)C(C(C)(C)C)C1C. The van der Waals surface area contributed by atoms with E-state index in [4.69, 9.17) is 0 Å². The molecule has 0 amide bonds. The van der Waals surface area contributed by atoms with Crippen molar-refractivity contribution < 1.29 is 0 Å². The molecule has 18 heavy (non-hydrogen) atoms. The Morgan fingerprint density at radius 1 is 0.444 bits per heavy atom. The normalized spacial score (nSPS) is 43.0. The molecular formula is C18H36. The van der Waals surface area contributed by atoms with Crippen LogP contribution in [0.25, 0.3) is 0 Å². The molecule has 0 nitrogen and oxygen atoms in total. The molecule has 0 bridgehead atoms. The fourth-order valence-electron chi connectivity index (χ4n) is 4.92. The molecule has 0 aromatic heterocycles. The quantitative estimate of drug-likeness (QED) is 0.506. The number of rotatable bonds is 0. The second-order valence-electron chi connectivity index (χ2n) is 9.22. The van der Waals surface area contributed by atoms with E-state index in [0.29, 0.717) is 10.8 Å². The van der Waals surface area contributed by atoms with E-state index in [-0.39, 0.29) is 0 Å². The van der Waals surface area contributed by atoms with Crippen molar-refractivity contribution in [1.29, 1.82) is 0 Å². The van der Waals surface area contributed by atoms with Gasteiger partial charge in [-0.05, 0) is 46.3 Å². The molecule has 1 fully saturated rings. The summed E-state index contributed by atoms with van der Waals surface area (Å²) in [5.74, 6) is 5.03. The zero-order valence-corrected chi connectivity index (χ0v) is 14.5. The largest absolute Gasteiger partial charge is 0.0620 e. The summed E-state index contributed by atoms with van der Waals surface area (Å²) in [5.41, 5.74) is 0.833. The van der Waals surface area contributed by atoms with Crippen molar-refractivity contribution in [2.75, 3.05) is 0 Å². The molecule has 0 saturated heterocycles. The molecule has 0 N–H and O–H groups in total. The van der Waals surface area contributed by atoms with Crippen LogP contribution in [0.2, 0.25) is 0 Å². The summed E-state index contributed by atoms with van der Waals surface area (Å²) >= 11 is 0. The van der Waals surface area contributed by atoms with Gasteiger partial charge in [0.25, 0.3) is 0 Å². The van der Waals surface area contributed by atoms with Gasteiger partial charge in [-0.1, -0.05) is 69.2 Å². The predicted molar refractivity (Wildman–Crippen MR) is 82.5 cm³/mol. The predicted octanol–water partition coefficient (Wildman–Crippen LogP) is 5.87. The van der Waals surface area contributed by atoms with Crippen molar-refractivity contribution in [2.45, 2.75) is 69.2 Å². The van der Waals surface area contributed by atoms with Crippen LogP contribution in [-0.4, -0.2) is 0 Å². The Balaban J connectivity index is 3.23. The highest BCUT2D eigenvalue weighted by molar-refractivity contribution is 4.99. The molecule has 0 radical (unpaired) electrons. The molecule has 0 heteroatoms. The Bertz CT molecular complexity index is 245. The fraction of sp³-hybridized carbons (Fsp3) is 1.00. The molecule has 108 valence electrons. The van der Waals surface area contributed by atoms with E-state index < -0.39 is 0 Å². The lowest BCUT2D eigenvalue weighted by molar-refractivity contribution is -0.0897. The molecule has 6 unspecified atom stereocenters. The van der Waals surface area contributed by atoms with Gasteiger partial charge in [0.2, 0.25) is 0 Å². The zero-order chi connectivity index (χ0) is 14.5. The van der Waals surface area contributed by atoms with E-state index >= 15 is 0 Å². The lowest BCUT2D eigenvalue weighted by atomic mass is 9.48. The van der Waals surface area contributed by atoms with Gasteiger partial charge >= 0.3 is 0 Å². The molecule has 1 rings (SSSR count). The third-order valence-electron chi connectivity index (χ3n) is 6.01. The van der Waals surface area contributed by atoms with Crippen molar-refractivity contribution in [1.82, 2.24) is 0 Å². The molecule has 0 aromatic rings. The van der Waals surface area contributed by atoms with Crippen molar-refractivity contribution >= 4 is 0 Å². The smallest absolute Gasteiger partial charge is 0.0301 e. The Labute approximate surface area is 116 Å². The molecule has 0 aliphatic heterocycles. The van der Waals surface area contributed by atoms with E-state index in [1.54, 1.807) is 0 Å². The van der Waals surface area contributed by atoms with Gasteiger partial charge in [-0.25, -0.2) is 0 Å². The van der Waals surface area contributed by atoms with E-state index in [2.05, 4.69) is 69.2 Å². The minimum atomic E-state index is 0.417. The molecule has 0 aromatic carbocycles. The van der Waals surface area contributed by atoms with Gasteiger partial charge < -0.3 is 0 Å². The molecule has 1 aliphatic carbocycles. The van der Waals surface area contributed by atoms with Crippen LogP contribution in [0.3, 0.4) is 0 Å². The van der Waals surface area contributed by atoms with Crippen LogP contribution >= 0.6 is 0 Å². The third kappa shape index (κ3) is 2.78. The third-order valence-corrected chi connectivity index (χ3v) is 6.01. The lowest BCUT2D eigenvalue weighted by Crippen LogP contribution is -2.51. The summed E-state index contributed by atoms with van der Waals surface area (Å²) in [7, 11) is 0. The van der Waals surface area contributed by atoms with Gasteiger partial charge in [-0.2, -0.15) is 0 Å². The monoisotopic (exact) mass is 252 g/mol. The molecule has 0 heterocycles. The highest BCUT2D eigenvalue weighted by Crippen LogP contribution is 2.57. The number of hydrogen-bond acceptors (Lipinski definition) is 0. The van der Waals surface area contributed by atoms with Crippen LogP contribution in [0.5, 0.6) is 0 Å². The topological polar surface area (TPSA) is 0 Å². The Kier molecular flexibility index (Phi) is 4.31. The minimum Gasteiger partial charge on any atom is -0.0620 e. The van der Waals surface area contributed by atoms with Crippen molar-refractivity contribution in [3.8, 4) is 0 Å². The highest BCUT2D eigenvalue weighted by Gasteiger charge is 2.51. The van der Waals surface area contributed by atoms with Crippen LogP contribution in [0.4, 0.5) is 0 Å². The van der Waals surface area contributed by atoms with E-state index in [1.165, 1.54) is 0 Å². The fourth-order valence-corrected chi connectivity index (χ4v) is 4.92. The van der Waals surface area contributed by atoms with Crippen molar-refractivity contribution in [3.63, 3.8) is 0 Å². The maximum Gasteiger partial charge on any atom is -0.0301 e. The van der Waals surface area contributed by atoms with E-state index in [1.807, 2.05) is 0 Å². The number of hydrogen-bond donors (Lipinski definition) is 0.